The molecule has 0 unspecified atom stereocenters. The van der Waals surface area contributed by atoms with E-state index in [9.17, 15) is 0 Å². The standard InChI is InChI=1S/C15H22ClNO2/c1-18-9-8-17-10-13-6-3-7-14(16)15(13)19-11-12-4-2-5-12/h3,6-7,12,17H,2,4-5,8-11H2,1H3. The third-order valence-corrected chi connectivity index (χ3v) is 3.83. The maximum absolute atomic E-state index is 6.24. The second-order valence-corrected chi connectivity index (χ2v) is 5.41. The van der Waals surface area contributed by atoms with Gasteiger partial charge in [-0.25, -0.2) is 0 Å². The van der Waals surface area contributed by atoms with E-state index in [0.717, 1.165) is 31.0 Å². The molecule has 3 nitrogen and oxygen atoms in total. The minimum Gasteiger partial charge on any atom is -0.491 e. The summed E-state index contributed by atoms with van der Waals surface area (Å²) in [6.07, 6.45) is 3.90. The quantitative estimate of drug-likeness (QED) is 0.743. The molecule has 19 heavy (non-hydrogen) atoms. The van der Waals surface area contributed by atoms with Gasteiger partial charge in [-0.05, 0) is 24.8 Å². The van der Waals surface area contributed by atoms with Crippen LogP contribution in [0.15, 0.2) is 18.2 Å². The third kappa shape index (κ3) is 4.37. The largest absolute Gasteiger partial charge is 0.491 e. The van der Waals surface area contributed by atoms with Crippen LogP contribution in [-0.2, 0) is 11.3 Å². The highest BCUT2D eigenvalue weighted by Crippen LogP contribution is 2.32. The first-order valence-corrected chi connectivity index (χ1v) is 7.29. The van der Waals surface area contributed by atoms with Crippen LogP contribution < -0.4 is 10.1 Å². The summed E-state index contributed by atoms with van der Waals surface area (Å²) in [6, 6.07) is 5.91. The number of benzene rings is 1. The zero-order valence-electron chi connectivity index (χ0n) is 11.5. The molecule has 1 aromatic carbocycles. The number of nitrogens with one attached hydrogen (secondary N) is 1. The average Bonchev–Trinajstić information content (AvgIpc) is 2.35. The molecule has 1 N–H and O–H groups in total. The molecule has 0 radical (unpaired) electrons. The van der Waals surface area contributed by atoms with Gasteiger partial charge in [0.25, 0.3) is 0 Å². The van der Waals surface area contributed by atoms with E-state index in [4.69, 9.17) is 21.1 Å². The molecular weight excluding hydrogens is 262 g/mol. The number of halogens is 1. The van der Waals surface area contributed by atoms with Crippen molar-refractivity contribution in [2.45, 2.75) is 25.8 Å². The highest BCUT2D eigenvalue weighted by molar-refractivity contribution is 6.32. The molecule has 0 saturated heterocycles. The van der Waals surface area contributed by atoms with Crippen molar-refractivity contribution in [2.75, 3.05) is 26.9 Å². The minimum absolute atomic E-state index is 0.699. The molecule has 0 amide bonds. The first kappa shape index (κ1) is 14.6. The number of hydrogen-bond acceptors (Lipinski definition) is 3. The van der Waals surface area contributed by atoms with Crippen LogP contribution in [0.3, 0.4) is 0 Å². The van der Waals surface area contributed by atoms with Crippen molar-refractivity contribution in [3.8, 4) is 5.75 Å². The Morgan fingerprint density at radius 1 is 1.37 bits per heavy atom. The lowest BCUT2D eigenvalue weighted by atomic mass is 9.86. The van der Waals surface area contributed by atoms with Crippen molar-refractivity contribution < 1.29 is 9.47 Å². The van der Waals surface area contributed by atoms with E-state index >= 15 is 0 Å². The molecule has 0 atom stereocenters. The Labute approximate surface area is 120 Å². The maximum Gasteiger partial charge on any atom is 0.142 e. The normalized spacial score (nSPS) is 15.3. The first-order valence-electron chi connectivity index (χ1n) is 6.91. The van der Waals surface area contributed by atoms with Gasteiger partial charge in [0.1, 0.15) is 5.75 Å². The molecule has 0 aliphatic heterocycles. The van der Waals surface area contributed by atoms with Crippen molar-refractivity contribution in [1.82, 2.24) is 5.32 Å². The van der Waals surface area contributed by atoms with Crippen LogP contribution in [0.4, 0.5) is 0 Å². The summed E-state index contributed by atoms with van der Waals surface area (Å²) >= 11 is 6.24. The van der Waals surface area contributed by atoms with Gasteiger partial charge < -0.3 is 14.8 Å². The Balaban J connectivity index is 1.90. The maximum atomic E-state index is 6.24. The summed E-state index contributed by atoms with van der Waals surface area (Å²) in [4.78, 5) is 0. The van der Waals surface area contributed by atoms with Gasteiger partial charge in [-0.1, -0.05) is 30.2 Å². The smallest absolute Gasteiger partial charge is 0.142 e. The molecule has 4 heteroatoms. The fraction of sp³-hybridized carbons (Fsp3) is 0.600. The summed E-state index contributed by atoms with van der Waals surface area (Å²) in [7, 11) is 1.70. The predicted molar refractivity (Wildman–Crippen MR) is 77.9 cm³/mol. The Morgan fingerprint density at radius 3 is 2.89 bits per heavy atom. The van der Waals surface area contributed by atoms with Gasteiger partial charge >= 0.3 is 0 Å². The van der Waals surface area contributed by atoms with E-state index in [2.05, 4.69) is 11.4 Å². The molecule has 0 spiro atoms. The zero-order valence-corrected chi connectivity index (χ0v) is 12.2. The molecule has 1 fully saturated rings. The Kier molecular flexibility index (Phi) is 5.95. The number of methoxy groups -OCH3 is 1. The van der Waals surface area contributed by atoms with E-state index in [0.29, 0.717) is 17.5 Å². The molecule has 0 heterocycles. The Morgan fingerprint density at radius 2 is 2.21 bits per heavy atom. The number of rotatable bonds is 8. The van der Waals surface area contributed by atoms with Crippen molar-refractivity contribution >= 4 is 11.6 Å². The fourth-order valence-corrected chi connectivity index (χ4v) is 2.36. The fourth-order valence-electron chi connectivity index (χ4n) is 2.11. The summed E-state index contributed by atoms with van der Waals surface area (Å²) < 4.78 is 10.9. The molecule has 0 bridgehead atoms. The van der Waals surface area contributed by atoms with Gasteiger partial charge in [0.15, 0.2) is 0 Å². The second kappa shape index (κ2) is 7.73. The van der Waals surface area contributed by atoms with E-state index in [1.807, 2.05) is 12.1 Å². The lowest BCUT2D eigenvalue weighted by Gasteiger charge is -2.26. The summed E-state index contributed by atoms with van der Waals surface area (Å²) in [5.41, 5.74) is 1.11. The van der Waals surface area contributed by atoms with Crippen LogP contribution in [0.5, 0.6) is 5.75 Å². The summed E-state index contributed by atoms with van der Waals surface area (Å²) in [5, 5.41) is 4.02. The molecule has 1 aliphatic rings. The number of hydrogen-bond donors (Lipinski definition) is 1. The molecule has 1 aromatic rings. The van der Waals surface area contributed by atoms with Gasteiger partial charge in [0, 0.05) is 25.8 Å². The monoisotopic (exact) mass is 283 g/mol. The lowest BCUT2D eigenvalue weighted by molar-refractivity contribution is 0.179. The molecule has 1 saturated carbocycles. The van der Waals surface area contributed by atoms with E-state index < -0.39 is 0 Å². The molecule has 2 rings (SSSR count). The van der Waals surface area contributed by atoms with Gasteiger partial charge in [-0.15, -0.1) is 0 Å². The molecule has 0 aromatic heterocycles. The van der Waals surface area contributed by atoms with Crippen LogP contribution >= 0.6 is 11.6 Å². The van der Waals surface area contributed by atoms with Crippen LogP contribution in [-0.4, -0.2) is 26.9 Å². The SMILES string of the molecule is COCCNCc1cccc(Cl)c1OCC1CCC1. The molecule has 106 valence electrons. The van der Waals surface area contributed by atoms with E-state index in [1.165, 1.54) is 19.3 Å². The minimum atomic E-state index is 0.699. The predicted octanol–water partition coefficient (Wildman–Crippen LogP) is 3.25. The lowest BCUT2D eigenvalue weighted by Crippen LogP contribution is -2.21. The summed E-state index contributed by atoms with van der Waals surface area (Å²) in [5.74, 6) is 1.55. The van der Waals surface area contributed by atoms with Gasteiger partial charge in [-0.2, -0.15) is 0 Å². The average molecular weight is 284 g/mol. The van der Waals surface area contributed by atoms with Gasteiger partial charge in [0.2, 0.25) is 0 Å². The number of ether oxygens (including phenoxy) is 2. The van der Waals surface area contributed by atoms with Crippen LogP contribution in [0.1, 0.15) is 24.8 Å². The summed E-state index contributed by atoms with van der Waals surface area (Å²) in [6.45, 7) is 3.07. The van der Waals surface area contributed by atoms with Crippen LogP contribution in [0, 0.1) is 5.92 Å². The van der Waals surface area contributed by atoms with Crippen molar-refractivity contribution in [2.24, 2.45) is 5.92 Å². The van der Waals surface area contributed by atoms with Crippen LogP contribution in [0.25, 0.3) is 0 Å². The van der Waals surface area contributed by atoms with E-state index in [-0.39, 0.29) is 0 Å². The Bertz CT molecular complexity index is 394. The molecular formula is C15H22ClNO2. The topological polar surface area (TPSA) is 30.5 Å². The van der Waals surface area contributed by atoms with Crippen molar-refractivity contribution in [3.63, 3.8) is 0 Å². The van der Waals surface area contributed by atoms with Gasteiger partial charge in [0.05, 0.1) is 18.2 Å². The first-order chi connectivity index (χ1) is 9.31. The highest BCUT2D eigenvalue weighted by Gasteiger charge is 2.19. The van der Waals surface area contributed by atoms with Crippen molar-refractivity contribution in [3.05, 3.63) is 28.8 Å². The third-order valence-electron chi connectivity index (χ3n) is 3.54. The van der Waals surface area contributed by atoms with E-state index in [1.54, 1.807) is 7.11 Å². The zero-order chi connectivity index (χ0) is 13.5. The number of para-hydroxylation sites is 1. The van der Waals surface area contributed by atoms with Crippen LogP contribution in [0.2, 0.25) is 5.02 Å². The van der Waals surface area contributed by atoms with Gasteiger partial charge in [-0.3, -0.25) is 0 Å². The second-order valence-electron chi connectivity index (χ2n) is 5.01. The highest BCUT2D eigenvalue weighted by atomic mass is 35.5. The Hall–Kier alpha value is -0.770. The molecule has 1 aliphatic carbocycles. The van der Waals surface area contributed by atoms with Crippen molar-refractivity contribution in [1.29, 1.82) is 0 Å².